The van der Waals surface area contributed by atoms with Gasteiger partial charge < -0.3 is 20.5 Å². The van der Waals surface area contributed by atoms with Gasteiger partial charge in [0.25, 0.3) is 5.69 Å². The molecule has 1 saturated carbocycles. The summed E-state index contributed by atoms with van der Waals surface area (Å²) in [5.74, 6) is -2.43. The molecule has 13 heteroatoms. The first-order chi connectivity index (χ1) is 22.3. The van der Waals surface area contributed by atoms with Crippen LogP contribution in [0.25, 0.3) is 0 Å². The molecular formula is C34H37Cl2FN4O6. The fourth-order valence-corrected chi connectivity index (χ4v) is 7.91. The van der Waals surface area contributed by atoms with Gasteiger partial charge in [-0.15, -0.1) is 0 Å². The van der Waals surface area contributed by atoms with Crippen LogP contribution in [0.5, 0.6) is 0 Å². The molecule has 3 aliphatic rings. The number of hydrogen-bond acceptors (Lipinski definition) is 8. The Labute approximate surface area is 282 Å². The summed E-state index contributed by atoms with van der Waals surface area (Å²) in [6.45, 7) is 7.32. The second-order valence-corrected chi connectivity index (χ2v) is 13.4. The van der Waals surface area contributed by atoms with Crippen LogP contribution >= 0.6 is 23.2 Å². The molecule has 2 aromatic rings. The zero-order chi connectivity index (χ0) is 34.2. The van der Waals surface area contributed by atoms with Gasteiger partial charge in [0.1, 0.15) is 11.4 Å². The maximum atomic E-state index is 16.9. The Bertz CT molecular complexity index is 1660. The van der Waals surface area contributed by atoms with E-state index in [4.69, 9.17) is 27.9 Å². The van der Waals surface area contributed by atoms with Crippen molar-refractivity contribution < 1.29 is 28.7 Å². The third-order valence-electron chi connectivity index (χ3n) is 9.88. The van der Waals surface area contributed by atoms with Crippen molar-refractivity contribution in [2.45, 2.75) is 56.9 Å². The van der Waals surface area contributed by atoms with E-state index in [-0.39, 0.29) is 34.4 Å². The smallest absolute Gasteiger partial charge is 0.338 e. The molecule has 1 aliphatic carbocycles. The largest absolute Gasteiger partial charge is 0.465 e. The van der Waals surface area contributed by atoms with Crippen LogP contribution in [0.3, 0.4) is 0 Å². The number of benzene rings is 2. The van der Waals surface area contributed by atoms with Crippen molar-refractivity contribution in [2.75, 3.05) is 19.0 Å². The molecule has 2 fully saturated rings. The van der Waals surface area contributed by atoms with Crippen molar-refractivity contribution in [3.8, 4) is 0 Å². The predicted octanol–water partition coefficient (Wildman–Crippen LogP) is 6.23. The number of nitro groups is 1. The highest BCUT2D eigenvalue weighted by Gasteiger charge is 2.69. The average molecular weight is 688 g/mol. The summed E-state index contributed by atoms with van der Waals surface area (Å²) in [7, 11) is 1.18. The molecule has 10 nitrogen and oxygen atoms in total. The number of amides is 1. The minimum Gasteiger partial charge on any atom is -0.465 e. The van der Waals surface area contributed by atoms with E-state index in [1.807, 2.05) is 4.90 Å². The monoisotopic (exact) mass is 686 g/mol. The molecule has 0 unspecified atom stereocenters. The second kappa shape index (κ2) is 13.9. The normalized spacial score (nSPS) is 27.9. The van der Waals surface area contributed by atoms with Gasteiger partial charge in [0, 0.05) is 51.6 Å². The first kappa shape index (κ1) is 34.7. The molecule has 47 heavy (non-hydrogen) atoms. The van der Waals surface area contributed by atoms with Crippen LogP contribution in [0, 0.1) is 27.9 Å². The quantitative estimate of drug-likeness (QED) is 0.116. The van der Waals surface area contributed by atoms with Crippen LogP contribution in [-0.4, -0.2) is 58.6 Å². The van der Waals surface area contributed by atoms with Crippen molar-refractivity contribution in [3.63, 3.8) is 0 Å². The number of aliphatic hydroxyl groups excluding tert-OH is 1. The van der Waals surface area contributed by atoms with Gasteiger partial charge in [0.15, 0.2) is 0 Å². The molecule has 0 bridgehead atoms. The Balaban J connectivity index is 1.69. The van der Waals surface area contributed by atoms with E-state index in [1.54, 1.807) is 18.2 Å². The van der Waals surface area contributed by atoms with Crippen LogP contribution in [-0.2, 0) is 21.6 Å². The van der Waals surface area contributed by atoms with Crippen LogP contribution in [0.1, 0.15) is 48.2 Å². The summed E-state index contributed by atoms with van der Waals surface area (Å²) in [6, 6.07) is 7.07. The summed E-state index contributed by atoms with van der Waals surface area (Å²) in [4.78, 5) is 40.0. The number of aliphatic hydroxyl groups is 1. The number of methoxy groups -OCH3 is 1. The molecule has 6 atom stereocenters. The van der Waals surface area contributed by atoms with Crippen molar-refractivity contribution in [1.82, 2.24) is 10.2 Å². The number of nitrogens with one attached hydrogen (secondary N) is 2. The predicted molar refractivity (Wildman–Crippen MR) is 178 cm³/mol. The van der Waals surface area contributed by atoms with E-state index in [2.05, 4.69) is 31.1 Å². The van der Waals surface area contributed by atoms with Crippen LogP contribution in [0.4, 0.5) is 15.8 Å². The van der Waals surface area contributed by atoms with Crippen molar-refractivity contribution >= 4 is 46.5 Å². The van der Waals surface area contributed by atoms with Gasteiger partial charge in [0.2, 0.25) is 5.91 Å². The lowest BCUT2D eigenvalue weighted by Crippen LogP contribution is -2.57. The number of rotatable bonds is 10. The number of hydrogen-bond donors (Lipinski definition) is 3. The summed E-state index contributed by atoms with van der Waals surface area (Å²) >= 11 is 12.2. The molecule has 1 saturated heterocycles. The van der Waals surface area contributed by atoms with Crippen molar-refractivity contribution in [1.29, 1.82) is 0 Å². The molecule has 2 heterocycles. The Morgan fingerprint density at radius 2 is 1.98 bits per heavy atom. The fourth-order valence-electron chi connectivity index (χ4n) is 7.67. The van der Waals surface area contributed by atoms with Gasteiger partial charge in [0.05, 0.1) is 36.2 Å². The lowest BCUT2D eigenvalue weighted by Gasteiger charge is -2.42. The second-order valence-electron chi connectivity index (χ2n) is 12.5. The number of anilines is 1. The molecule has 0 aromatic heterocycles. The highest BCUT2D eigenvalue weighted by molar-refractivity contribution is 6.31. The topological polar surface area (TPSA) is 134 Å². The molecular weight excluding hydrogens is 650 g/mol. The van der Waals surface area contributed by atoms with Crippen LogP contribution in [0.2, 0.25) is 5.02 Å². The number of carbonyl (C=O) groups is 2. The minimum absolute atomic E-state index is 0.00377. The van der Waals surface area contributed by atoms with Gasteiger partial charge >= 0.3 is 5.97 Å². The number of halogens is 3. The number of allylic oxidation sites excluding steroid dienone is 4. The maximum Gasteiger partial charge on any atom is 0.338 e. The summed E-state index contributed by atoms with van der Waals surface area (Å²) in [5.41, 5.74) is -0.746. The molecule has 0 radical (unpaired) electrons. The molecule has 2 aliphatic heterocycles. The number of likely N-dealkylation sites (tertiary alicyclic amines) is 1. The number of nitro benzene ring substituents is 1. The maximum absolute atomic E-state index is 16.9. The van der Waals surface area contributed by atoms with E-state index < -0.39 is 52.8 Å². The minimum atomic E-state index is -1.60. The third kappa shape index (κ3) is 6.23. The average Bonchev–Trinajstić information content (AvgIpc) is 3.62. The molecule has 5 rings (SSSR count). The van der Waals surface area contributed by atoms with E-state index in [0.717, 1.165) is 6.07 Å². The number of nitrogens with zero attached hydrogens (tertiary/aromatic N) is 2. The zero-order valence-corrected chi connectivity index (χ0v) is 27.7. The van der Waals surface area contributed by atoms with Gasteiger partial charge in [-0.2, -0.15) is 0 Å². The third-order valence-corrected chi connectivity index (χ3v) is 10.2. The molecule has 1 amide bonds. The Hall–Kier alpha value is -3.61. The highest BCUT2D eigenvalue weighted by Crippen LogP contribution is 2.58. The Morgan fingerprint density at radius 3 is 2.60 bits per heavy atom. The first-order valence-corrected chi connectivity index (χ1v) is 16.1. The van der Waals surface area contributed by atoms with E-state index >= 15 is 4.39 Å². The van der Waals surface area contributed by atoms with Crippen molar-refractivity contribution in [3.05, 3.63) is 104 Å². The van der Waals surface area contributed by atoms with Crippen molar-refractivity contribution in [2.24, 2.45) is 17.8 Å². The summed E-state index contributed by atoms with van der Waals surface area (Å²) in [6.07, 6.45) is 5.47. The zero-order valence-electron chi connectivity index (χ0n) is 26.2. The van der Waals surface area contributed by atoms with Gasteiger partial charge in [-0.05, 0) is 55.0 Å². The number of esters is 1. The molecule has 3 N–H and O–H groups in total. The summed E-state index contributed by atoms with van der Waals surface area (Å²) < 4.78 is 21.6. The SMILES string of the molecule is C=C(Cl)/C=C\C=C(/F)[C@H]1[C@H](NCc2ccc(C(=O)OC)cc2[N+](=O)[O-])[C@H](CO)N(C2C[C@H](C)[C@@H](C)C2)[C@@]12C(=O)Nc1cc(Cl)ccc12. The Morgan fingerprint density at radius 1 is 1.28 bits per heavy atom. The van der Waals surface area contributed by atoms with Crippen LogP contribution in [0.15, 0.2) is 72.1 Å². The van der Waals surface area contributed by atoms with E-state index in [1.165, 1.54) is 37.5 Å². The lowest BCUT2D eigenvalue weighted by atomic mass is 9.76. The number of fused-ring (bicyclic) bond motifs is 2. The molecule has 2 aromatic carbocycles. The fraction of sp³-hybridized carbons (Fsp3) is 0.412. The molecule has 1 spiro atoms. The number of carbonyl (C=O) groups excluding carboxylic acids is 2. The molecule has 250 valence electrons. The van der Waals surface area contributed by atoms with Gasteiger partial charge in [-0.1, -0.05) is 61.8 Å². The first-order valence-electron chi connectivity index (χ1n) is 15.3. The van der Waals surface area contributed by atoms with Gasteiger partial charge in [-0.3, -0.25) is 19.8 Å². The standard InChI is InChI=1S/C34H37Cl2FN4O6/c1-18-12-24(13-19(18)2)40-29(17-42)31(38-16-22-9-8-21(32(43)47-4)14-28(22)41(45)46)30(26(37)7-5-6-20(3)35)34(40)25-11-10-23(36)15-27(25)39-33(34)44/h5-11,14-15,18-19,24,29-31,38,42H,3,12-13,16-17H2,1-2,4H3,(H,39,44)/b6-5-,26-7-/t18-,19-,29-,30-,31+,34+/m0/s1. The van der Waals surface area contributed by atoms with E-state index in [0.29, 0.717) is 41.0 Å². The van der Waals surface area contributed by atoms with E-state index in [9.17, 15) is 24.8 Å². The summed E-state index contributed by atoms with van der Waals surface area (Å²) in [5, 5.41) is 29.9. The van der Waals surface area contributed by atoms with Gasteiger partial charge in [-0.25, -0.2) is 9.18 Å². The highest BCUT2D eigenvalue weighted by atomic mass is 35.5. The number of ether oxygens (including phenoxy) is 1. The lowest BCUT2D eigenvalue weighted by molar-refractivity contribution is -0.385. The Kier molecular flexibility index (Phi) is 10.2. The van der Waals surface area contributed by atoms with Crippen LogP contribution < -0.4 is 10.6 Å².